The molecular weight excluding hydrogens is 374 g/mol. The molecule has 5 nitrogen and oxygen atoms in total. The van der Waals surface area contributed by atoms with Gasteiger partial charge in [0, 0.05) is 6.54 Å². The summed E-state index contributed by atoms with van der Waals surface area (Å²) in [6.45, 7) is 2.76. The van der Waals surface area contributed by atoms with Crippen LogP contribution in [0.5, 0.6) is 0 Å². The second kappa shape index (κ2) is 17.0. The van der Waals surface area contributed by atoms with E-state index in [2.05, 4.69) is 11.6 Å². The van der Waals surface area contributed by atoms with Gasteiger partial charge >= 0.3 is 5.97 Å². The summed E-state index contributed by atoms with van der Waals surface area (Å²) in [5.41, 5.74) is 0.854. The standard InChI is InChI=1S/C22H41NO4S/c1-2-3-4-5-6-7-8-9-10-11-15-18-21-20(22(24)27-21)17-14-12-13-16-19-23-28(25)26/h17,21,28H,2-16,18-19H2,1H3,(H,23,25,26)/b20-17-. The van der Waals surface area contributed by atoms with Crippen LogP contribution in [0.1, 0.15) is 110 Å². The first-order valence-corrected chi connectivity index (χ1v) is 12.6. The molecule has 0 aliphatic carbocycles. The Bertz CT molecular complexity index is 509. The Kier molecular flexibility index (Phi) is 15.3. The number of hydrogen-bond donors (Lipinski definition) is 2. The van der Waals surface area contributed by atoms with E-state index in [1.54, 1.807) is 0 Å². The first kappa shape index (κ1) is 25.2. The number of cyclic esters (lactones) is 1. The van der Waals surface area contributed by atoms with Crippen LogP contribution in [-0.4, -0.2) is 27.0 Å². The topological polar surface area (TPSA) is 72.5 Å². The lowest BCUT2D eigenvalue weighted by Crippen LogP contribution is -2.36. The van der Waals surface area contributed by atoms with Crippen LogP contribution in [0.15, 0.2) is 11.6 Å². The molecule has 164 valence electrons. The van der Waals surface area contributed by atoms with Crippen LogP contribution >= 0.6 is 0 Å². The lowest BCUT2D eigenvalue weighted by molar-refractivity contribution is -0.156. The number of carbonyl (C=O) groups is 1. The number of thiol groups is 1. The average Bonchev–Trinajstić information content (AvgIpc) is 2.66. The zero-order chi connectivity index (χ0) is 20.5. The van der Waals surface area contributed by atoms with Crippen molar-refractivity contribution >= 4 is 16.9 Å². The molecule has 0 radical (unpaired) electrons. The van der Waals surface area contributed by atoms with E-state index < -0.39 is 10.9 Å². The third kappa shape index (κ3) is 12.6. The summed E-state index contributed by atoms with van der Waals surface area (Å²) in [4.78, 5) is 11.6. The average molecular weight is 416 g/mol. The lowest BCUT2D eigenvalue weighted by atomic mass is 9.96. The molecule has 0 aromatic carbocycles. The zero-order valence-electron chi connectivity index (χ0n) is 17.8. The molecule has 1 heterocycles. The Labute approximate surface area is 173 Å². The highest BCUT2D eigenvalue weighted by Crippen LogP contribution is 2.27. The Balaban J connectivity index is 1.96. The van der Waals surface area contributed by atoms with Crippen molar-refractivity contribution in [2.75, 3.05) is 6.54 Å². The second-order valence-corrected chi connectivity index (χ2v) is 8.72. The van der Waals surface area contributed by atoms with Gasteiger partial charge in [0.05, 0.1) is 5.57 Å². The quantitative estimate of drug-likeness (QED) is 0.131. The van der Waals surface area contributed by atoms with Gasteiger partial charge in [-0.1, -0.05) is 83.6 Å². The van der Waals surface area contributed by atoms with E-state index >= 15 is 0 Å². The van der Waals surface area contributed by atoms with E-state index in [0.717, 1.165) is 44.1 Å². The fraction of sp³-hybridized carbons (Fsp3) is 0.864. The van der Waals surface area contributed by atoms with Crippen molar-refractivity contribution in [3.8, 4) is 0 Å². The second-order valence-electron chi connectivity index (χ2n) is 7.89. The van der Waals surface area contributed by atoms with Crippen molar-refractivity contribution in [1.29, 1.82) is 0 Å². The number of carbonyl (C=O) groups excluding carboxylic acids is 1. The van der Waals surface area contributed by atoms with E-state index in [0.29, 0.717) is 6.54 Å². The van der Waals surface area contributed by atoms with E-state index in [4.69, 9.17) is 4.74 Å². The largest absolute Gasteiger partial charge is 0.454 e. The van der Waals surface area contributed by atoms with Gasteiger partial charge in [0.15, 0.2) is 0 Å². The van der Waals surface area contributed by atoms with Crippen molar-refractivity contribution in [1.82, 2.24) is 4.72 Å². The van der Waals surface area contributed by atoms with E-state index in [-0.39, 0.29) is 12.1 Å². The van der Waals surface area contributed by atoms with Crippen molar-refractivity contribution in [3.63, 3.8) is 0 Å². The minimum absolute atomic E-state index is 0.0113. The number of unbranched alkanes of at least 4 members (excludes halogenated alkanes) is 13. The number of rotatable bonds is 19. The van der Waals surface area contributed by atoms with Crippen LogP contribution < -0.4 is 4.72 Å². The van der Waals surface area contributed by atoms with Gasteiger partial charge in [0.2, 0.25) is 10.9 Å². The fourth-order valence-electron chi connectivity index (χ4n) is 3.63. The molecule has 6 heteroatoms. The molecule has 0 spiro atoms. The highest BCUT2D eigenvalue weighted by Gasteiger charge is 2.34. The normalized spacial score (nSPS) is 17.9. The Morgan fingerprint density at radius 1 is 0.857 bits per heavy atom. The van der Waals surface area contributed by atoms with Crippen molar-refractivity contribution in [3.05, 3.63) is 11.6 Å². The highest BCUT2D eigenvalue weighted by molar-refractivity contribution is 7.70. The van der Waals surface area contributed by atoms with Crippen molar-refractivity contribution in [2.24, 2.45) is 0 Å². The minimum Gasteiger partial charge on any atom is -0.454 e. The molecule has 1 unspecified atom stereocenters. The molecule has 0 amide bonds. The molecule has 0 saturated carbocycles. The first-order chi connectivity index (χ1) is 13.6. The lowest BCUT2D eigenvalue weighted by Gasteiger charge is -2.29. The molecule has 28 heavy (non-hydrogen) atoms. The zero-order valence-corrected chi connectivity index (χ0v) is 18.7. The molecular formula is C22H41NO4S. The third-order valence-electron chi connectivity index (χ3n) is 5.39. The highest BCUT2D eigenvalue weighted by atomic mass is 32.2. The summed E-state index contributed by atoms with van der Waals surface area (Å²) in [5, 5.41) is 0. The number of allylic oxidation sites excluding steroid dienone is 1. The number of ether oxygens (including phenoxy) is 1. The van der Waals surface area contributed by atoms with Crippen LogP contribution in [-0.2, 0) is 20.4 Å². The smallest absolute Gasteiger partial charge is 0.338 e. The number of hydrogen-bond acceptors (Lipinski definition) is 4. The van der Waals surface area contributed by atoms with Crippen LogP contribution in [0.4, 0.5) is 0 Å². The van der Waals surface area contributed by atoms with E-state index in [9.17, 15) is 13.2 Å². The van der Waals surface area contributed by atoms with Gasteiger partial charge in [-0.05, 0) is 32.1 Å². The summed E-state index contributed by atoms with van der Waals surface area (Å²) in [5.74, 6) is -0.155. The molecule has 1 rings (SSSR count). The summed E-state index contributed by atoms with van der Waals surface area (Å²) < 4.78 is 28.4. The van der Waals surface area contributed by atoms with Crippen molar-refractivity contribution in [2.45, 2.75) is 116 Å². The molecule has 0 bridgehead atoms. The number of esters is 1. The predicted octanol–water partition coefficient (Wildman–Crippen LogP) is 5.22. The van der Waals surface area contributed by atoms with Gasteiger partial charge in [0.25, 0.3) is 0 Å². The van der Waals surface area contributed by atoms with Gasteiger partial charge in [-0.25, -0.2) is 17.9 Å². The van der Waals surface area contributed by atoms with Gasteiger partial charge in [-0.2, -0.15) is 0 Å². The number of nitrogens with one attached hydrogen (secondary N) is 1. The van der Waals surface area contributed by atoms with E-state index in [1.807, 2.05) is 6.08 Å². The van der Waals surface area contributed by atoms with Crippen LogP contribution in [0.2, 0.25) is 0 Å². The Hall–Kier alpha value is -0.880. The van der Waals surface area contributed by atoms with Crippen LogP contribution in [0.3, 0.4) is 0 Å². The maximum Gasteiger partial charge on any atom is 0.338 e. The summed E-state index contributed by atoms with van der Waals surface area (Å²) in [6, 6.07) is 0. The minimum atomic E-state index is -2.48. The molecule has 1 aliphatic heterocycles. The van der Waals surface area contributed by atoms with Gasteiger partial charge in [-0.15, -0.1) is 0 Å². The molecule has 0 aromatic heterocycles. The van der Waals surface area contributed by atoms with E-state index in [1.165, 1.54) is 64.2 Å². The summed E-state index contributed by atoms with van der Waals surface area (Å²) in [6.07, 6.45) is 21.2. The molecule has 0 aromatic rings. The van der Waals surface area contributed by atoms with Gasteiger partial charge < -0.3 is 4.74 Å². The van der Waals surface area contributed by atoms with Crippen LogP contribution in [0.25, 0.3) is 0 Å². The summed E-state index contributed by atoms with van der Waals surface area (Å²) >= 11 is 0. The summed E-state index contributed by atoms with van der Waals surface area (Å²) in [7, 11) is -2.48. The maximum absolute atomic E-state index is 11.6. The fourth-order valence-corrected chi connectivity index (χ4v) is 3.97. The molecule has 1 aliphatic rings. The van der Waals surface area contributed by atoms with Crippen LogP contribution in [0, 0.1) is 0 Å². The molecule has 1 fully saturated rings. The molecule has 1 N–H and O–H groups in total. The van der Waals surface area contributed by atoms with Gasteiger partial charge in [0.1, 0.15) is 6.10 Å². The SMILES string of the molecule is CCCCCCCCCCCCCC1OC(=O)/C1=C\CCCCCN[SH](=O)=O. The Morgan fingerprint density at radius 2 is 1.43 bits per heavy atom. The predicted molar refractivity (Wildman–Crippen MR) is 116 cm³/mol. The van der Waals surface area contributed by atoms with Gasteiger partial charge in [-0.3, -0.25) is 0 Å². The first-order valence-electron chi connectivity index (χ1n) is 11.4. The van der Waals surface area contributed by atoms with Crippen molar-refractivity contribution < 1.29 is 17.9 Å². The Morgan fingerprint density at radius 3 is 2.00 bits per heavy atom. The third-order valence-corrected chi connectivity index (χ3v) is 5.87. The monoisotopic (exact) mass is 415 g/mol. The molecule has 1 atom stereocenters. The maximum atomic E-state index is 11.6. The molecule has 1 saturated heterocycles.